The smallest absolute Gasteiger partial charge is 0.223 e. The van der Waals surface area contributed by atoms with E-state index in [0.29, 0.717) is 12.3 Å². The second-order valence-corrected chi connectivity index (χ2v) is 4.64. The predicted molar refractivity (Wildman–Crippen MR) is 58.0 cm³/mol. The molecule has 0 aromatic carbocycles. The summed E-state index contributed by atoms with van der Waals surface area (Å²) < 4.78 is 0. The van der Waals surface area contributed by atoms with Crippen molar-refractivity contribution < 1.29 is 9.90 Å². The summed E-state index contributed by atoms with van der Waals surface area (Å²) in [6.45, 7) is 7.87. The Bertz CT molecular complexity index is 190. The first-order valence-corrected chi connectivity index (χ1v) is 5.22. The van der Waals surface area contributed by atoms with E-state index in [-0.39, 0.29) is 12.5 Å². The van der Waals surface area contributed by atoms with E-state index in [0.717, 1.165) is 6.42 Å². The molecular formula is C11H23NO2. The summed E-state index contributed by atoms with van der Waals surface area (Å²) in [6.07, 6.45) is 1.58. The van der Waals surface area contributed by atoms with Gasteiger partial charge in [0, 0.05) is 13.5 Å². The average Bonchev–Trinajstić information content (AvgIpc) is 2.16. The lowest BCUT2D eigenvalue weighted by atomic mass is 10.0. The second-order valence-electron chi connectivity index (χ2n) is 4.64. The highest BCUT2D eigenvalue weighted by atomic mass is 16.3. The molecule has 0 radical (unpaired) electrons. The summed E-state index contributed by atoms with van der Waals surface area (Å²) >= 11 is 0. The predicted octanol–water partition coefficient (Wildman–Crippen LogP) is 1.65. The molecule has 0 spiro atoms. The van der Waals surface area contributed by atoms with E-state index in [9.17, 15) is 4.79 Å². The van der Waals surface area contributed by atoms with Crippen molar-refractivity contribution in [3.63, 3.8) is 0 Å². The van der Waals surface area contributed by atoms with Gasteiger partial charge in [0.05, 0.1) is 12.1 Å². The normalized spacial score (nSPS) is 13.9. The third-order valence-corrected chi connectivity index (χ3v) is 2.89. The van der Waals surface area contributed by atoms with E-state index in [1.54, 1.807) is 11.9 Å². The van der Waals surface area contributed by atoms with Crippen molar-refractivity contribution in [1.29, 1.82) is 0 Å². The minimum Gasteiger partial charge on any atom is -0.394 e. The minimum atomic E-state index is -0.454. The molecule has 0 saturated heterocycles. The lowest BCUT2D eigenvalue weighted by Gasteiger charge is -2.34. The van der Waals surface area contributed by atoms with Crippen LogP contribution in [0.15, 0.2) is 0 Å². The number of hydrogen-bond donors (Lipinski definition) is 1. The van der Waals surface area contributed by atoms with Gasteiger partial charge in [-0.15, -0.1) is 0 Å². The van der Waals surface area contributed by atoms with Crippen LogP contribution < -0.4 is 0 Å². The highest BCUT2D eigenvalue weighted by molar-refractivity contribution is 5.76. The van der Waals surface area contributed by atoms with Crippen LogP contribution >= 0.6 is 0 Å². The van der Waals surface area contributed by atoms with E-state index in [1.807, 2.05) is 13.8 Å². The molecular weight excluding hydrogens is 178 g/mol. The zero-order valence-electron chi connectivity index (χ0n) is 10.0. The Kier molecular flexibility index (Phi) is 5.13. The molecule has 0 saturated carbocycles. The van der Waals surface area contributed by atoms with E-state index >= 15 is 0 Å². The summed E-state index contributed by atoms with van der Waals surface area (Å²) in [5.41, 5.74) is -0.454. The number of carbonyl (C=O) groups excluding carboxylic acids is 1. The molecule has 3 heteroatoms. The largest absolute Gasteiger partial charge is 0.394 e. The van der Waals surface area contributed by atoms with Gasteiger partial charge in [0.25, 0.3) is 0 Å². The molecule has 0 bridgehead atoms. The van der Waals surface area contributed by atoms with Crippen molar-refractivity contribution >= 4 is 5.91 Å². The summed E-state index contributed by atoms with van der Waals surface area (Å²) in [7, 11) is 1.75. The molecule has 1 unspecified atom stereocenters. The second kappa shape index (κ2) is 5.35. The van der Waals surface area contributed by atoms with Gasteiger partial charge in [0.15, 0.2) is 0 Å². The SMILES string of the molecule is CCC(C)CC(=O)N(C)C(C)(C)CO. The molecule has 1 N–H and O–H groups in total. The van der Waals surface area contributed by atoms with E-state index in [4.69, 9.17) is 5.11 Å². The molecule has 0 rings (SSSR count). The number of aliphatic hydroxyl groups excluding tert-OH is 1. The maximum atomic E-state index is 11.7. The number of hydrogen-bond acceptors (Lipinski definition) is 2. The minimum absolute atomic E-state index is 0.00422. The van der Waals surface area contributed by atoms with Gasteiger partial charge in [-0.1, -0.05) is 20.3 Å². The molecule has 14 heavy (non-hydrogen) atoms. The first kappa shape index (κ1) is 13.4. The third kappa shape index (κ3) is 3.66. The van der Waals surface area contributed by atoms with Gasteiger partial charge in [-0.2, -0.15) is 0 Å². The molecule has 1 amide bonds. The maximum absolute atomic E-state index is 11.7. The number of rotatable bonds is 5. The lowest BCUT2D eigenvalue weighted by Crippen LogP contribution is -2.47. The number of aliphatic hydroxyl groups is 1. The molecule has 0 heterocycles. The van der Waals surface area contributed by atoms with Crippen LogP contribution in [0.2, 0.25) is 0 Å². The van der Waals surface area contributed by atoms with Crippen molar-refractivity contribution in [2.45, 2.75) is 46.1 Å². The summed E-state index contributed by atoms with van der Waals surface area (Å²) in [5.74, 6) is 0.526. The molecule has 0 aliphatic rings. The van der Waals surface area contributed by atoms with Crippen LogP contribution in [0.5, 0.6) is 0 Å². The fourth-order valence-corrected chi connectivity index (χ4v) is 1.02. The average molecular weight is 201 g/mol. The highest BCUT2D eigenvalue weighted by Crippen LogP contribution is 2.15. The molecule has 0 aromatic heterocycles. The van der Waals surface area contributed by atoms with E-state index in [2.05, 4.69) is 13.8 Å². The van der Waals surface area contributed by atoms with Crippen LogP contribution in [0, 0.1) is 5.92 Å². The van der Waals surface area contributed by atoms with Crippen molar-refractivity contribution in [3.8, 4) is 0 Å². The van der Waals surface area contributed by atoms with Crippen LogP contribution in [0.4, 0.5) is 0 Å². The molecule has 0 aromatic rings. The molecule has 0 aliphatic carbocycles. The van der Waals surface area contributed by atoms with Crippen LogP contribution in [0.25, 0.3) is 0 Å². The fraction of sp³-hybridized carbons (Fsp3) is 0.909. The summed E-state index contributed by atoms with van der Waals surface area (Å²) in [4.78, 5) is 13.4. The number of likely N-dealkylation sites (N-methyl/N-ethyl adjacent to an activating group) is 1. The lowest BCUT2D eigenvalue weighted by molar-refractivity contribution is -0.136. The van der Waals surface area contributed by atoms with Gasteiger partial charge in [-0.3, -0.25) is 4.79 Å². The van der Waals surface area contributed by atoms with E-state index in [1.165, 1.54) is 0 Å². The van der Waals surface area contributed by atoms with Crippen molar-refractivity contribution in [2.75, 3.05) is 13.7 Å². The van der Waals surface area contributed by atoms with Gasteiger partial charge in [-0.05, 0) is 19.8 Å². The topological polar surface area (TPSA) is 40.5 Å². The Morgan fingerprint density at radius 2 is 2.00 bits per heavy atom. The van der Waals surface area contributed by atoms with E-state index < -0.39 is 5.54 Å². The van der Waals surface area contributed by atoms with Gasteiger partial charge in [-0.25, -0.2) is 0 Å². The first-order valence-electron chi connectivity index (χ1n) is 5.22. The zero-order chi connectivity index (χ0) is 11.4. The quantitative estimate of drug-likeness (QED) is 0.734. The van der Waals surface area contributed by atoms with Crippen molar-refractivity contribution in [2.24, 2.45) is 5.92 Å². The van der Waals surface area contributed by atoms with Gasteiger partial charge in [0.1, 0.15) is 0 Å². The third-order valence-electron chi connectivity index (χ3n) is 2.89. The van der Waals surface area contributed by atoms with Gasteiger partial charge in [0.2, 0.25) is 5.91 Å². The first-order chi connectivity index (χ1) is 6.35. The summed E-state index contributed by atoms with van der Waals surface area (Å²) in [6, 6.07) is 0. The zero-order valence-corrected chi connectivity index (χ0v) is 10.0. The number of carbonyl (C=O) groups is 1. The monoisotopic (exact) mass is 201 g/mol. The van der Waals surface area contributed by atoms with Gasteiger partial charge < -0.3 is 10.0 Å². The number of amides is 1. The molecule has 0 aliphatic heterocycles. The van der Waals surface area contributed by atoms with Crippen LogP contribution in [-0.4, -0.2) is 35.1 Å². The van der Waals surface area contributed by atoms with Crippen LogP contribution in [-0.2, 0) is 4.79 Å². The molecule has 84 valence electrons. The molecule has 1 atom stereocenters. The highest BCUT2D eigenvalue weighted by Gasteiger charge is 2.26. The fourth-order valence-electron chi connectivity index (χ4n) is 1.02. The number of nitrogens with zero attached hydrogens (tertiary/aromatic N) is 1. The Labute approximate surface area is 87.1 Å². The molecule has 3 nitrogen and oxygen atoms in total. The van der Waals surface area contributed by atoms with Crippen molar-refractivity contribution in [1.82, 2.24) is 4.90 Å². The Hall–Kier alpha value is -0.570. The van der Waals surface area contributed by atoms with Crippen LogP contribution in [0.3, 0.4) is 0 Å². The Morgan fingerprint density at radius 3 is 2.36 bits per heavy atom. The Morgan fingerprint density at radius 1 is 1.50 bits per heavy atom. The molecule has 0 fully saturated rings. The van der Waals surface area contributed by atoms with Gasteiger partial charge >= 0.3 is 0 Å². The Balaban J connectivity index is 4.25. The summed E-state index contributed by atoms with van der Waals surface area (Å²) in [5, 5.41) is 9.11. The standard InChI is InChI=1S/C11H23NO2/c1-6-9(2)7-10(14)12(5)11(3,4)8-13/h9,13H,6-8H2,1-5H3. The van der Waals surface area contributed by atoms with Crippen LogP contribution in [0.1, 0.15) is 40.5 Å². The maximum Gasteiger partial charge on any atom is 0.223 e. The van der Waals surface area contributed by atoms with Crippen molar-refractivity contribution in [3.05, 3.63) is 0 Å².